The topological polar surface area (TPSA) is 282 Å². The number of carboxylic acid groups (broad SMARTS) is 1. The van der Waals surface area contributed by atoms with Gasteiger partial charge in [-0.3, -0.25) is 28.8 Å². The molecule has 13 rings (SSSR count). The van der Waals surface area contributed by atoms with Crippen molar-refractivity contribution < 1.29 is 81.7 Å². The zero-order chi connectivity index (χ0) is 93.5. The van der Waals surface area contributed by atoms with Gasteiger partial charge in [-0.15, -0.1) is 0 Å². The number of aliphatic carboxylic acids is 1. The third-order valence-electron chi connectivity index (χ3n) is 27.3. The van der Waals surface area contributed by atoms with Crippen LogP contribution < -0.4 is 59.2 Å². The van der Waals surface area contributed by atoms with Crippen molar-refractivity contribution in [3.05, 3.63) is 187 Å². The largest absolute Gasteiger partial charge is 0.489 e. The number of nitrogens with one attached hydrogen (secondary N) is 4. The Labute approximate surface area is 767 Å². The maximum atomic E-state index is 12.6. The molecule has 0 radical (unpaired) electrons. The summed E-state index contributed by atoms with van der Waals surface area (Å²) in [5.74, 6) is 5.22. The van der Waals surface area contributed by atoms with E-state index < -0.39 is 23.5 Å². The molecule has 129 heavy (non-hydrogen) atoms. The van der Waals surface area contributed by atoms with E-state index in [1.54, 1.807) is 33.3 Å². The van der Waals surface area contributed by atoms with E-state index in [1.807, 2.05) is 56.3 Å². The first-order valence-electron chi connectivity index (χ1n) is 47.9. The number of benzene rings is 5. The summed E-state index contributed by atoms with van der Waals surface area (Å²) in [4.78, 5) is 83.4. The molecule has 4 aliphatic carbocycles. The number of rotatable bonds is 34. The van der Waals surface area contributed by atoms with E-state index in [-0.39, 0.29) is 96.4 Å². The molecule has 21 heteroatoms. The fourth-order valence-electron chi connectivity index (χ4n) is 20.1. The SMILES string of the molecule is CCCCCc1cc(OC(=O)CCC(=O)NC)c2c(c1)OC(C)(C)C1CCC(C(=O)O)=CC21.CCCCCc1cc(OC(=O)CCC(=O)NC)c2c(c1)OC(C)(C)C1CCC(CO)=CC21.CCCCCc1cc(OC/C=C/C(=O)NC)c2c(c1)OC(C)(C)[C@@H]1CCC(C)=C[C@@H]21.CCCCCc1cc(OCc2ccc(C(=O)NC)cc2)c2c(c1)OC(C)(C)[C@@H]1CCC(C)=C[C@@H]21. The third kappa shape index (κ3) is 26.6. The van der Waals surface area contributed by atoms with E-state index in [0.29, 0.717) is 78.1 Å². The Morgan fingerprint density at radius 2 is 0.791 bits per heavy atom. The predicted octanol–water partition coefficient (Wildman–Crippen LogP) is 21.6. The number of allylic oxidation sites excluding steroid dienone is 6. The number of ether oxygens (including phenoxy) is 8. The molecular formula is C108H148N4O17. The normalized spacial score (nSPS) is 21.0. The Morgan fingerprint density at radius 3 is 1.16 bits per heavy atom. The zero-order valence-electron chi connectivity index (χ0n) is 80.4. The Bertz CT molecular complexity index is 4900. The molecule has 0 bridgehead atoms. The van der Waals surface area contributed by atoms with E-state index in [0.717, 1.165) is 165 Å². The summed E-state index contributed by atoms with van der Waals surface area (Å²) in [5.41, 5.74) is 13.4. The second-order valence-corrected chi connectivity index (χ2v) is 38.6. The van der Waals surface area contributed by atoms with Crippen molar-refractivity contribution in [3.63, 3.8) is 0 Å². The lowest BCUT2D eigenvalue weighted by molar-refractivity contribution is -0.136. The van der Waals surface area contributed by atoms with Crippen LogP contribution in [0.4, 0.5) is 0 Å². The second kappa shape index (κ2) is 46.6. The lowest BCUT2D eigenvalue weighted by Gasteiger charge is -2.46. The third-order valence-corrected chi connectivity index (χ3v) is 27.3. The number of unbranched alkanes of at least 4 members (excludes halogenated alkanes) is 8. The number of esters is 2. The van der Waals surface area contributed by atoms with Crippen LogP contribution in [0.5, 0.6) is 46.0 Å². The van der Waals surface area contributed by atoms with Crippen LogP contribution in [0.3, 0.4) is 0 Å². The van der Waals surface area contributed by atoms with Crippen molar-refractivity contribution in [2.75, 3.05) is 41.4 Å². The first-order valence-corrected chi connectivity index (χ1v) is 47.9. The maximum absolute atomic E-state index is 12.6. The molecule has 4 unspecified atom stereocenters. The van der Waals surface area contributed by atoms with Gasteiger partial charge in [-0.05, 0) is 272 Å². The van der Waals surface area contributed by atoms with Crippen molar-refractivity contribution in [2.24, 2.45) is 23.7 Å². The Hall–Kier alpha value is -10.2. The molecular weight excluding hydrogens is 1630 g/mol. The van der Waals surface area contributed by atoms with Gasteiger partial charge in [0.2, 0.25) is 17.7 Å². The summed E-state index contributed by atoms with van der Waals surface area (Å²) in [6.45, 7) is 31.3. The molecule has 4 aliphatic heterocycles. The summed E-state index contributed by atoms with van der Waals surface area (Å²) in [7, 11) is 6.35. The molecule has 0 fully saturated rings. The summed E-state index contributed by atoms with van der Waals surface area (Å²) < 4.78 is 50.6. The molecule has 21 nitrogen and oxygen atoms in total. The lowest BCUT2D eigenvalue weighted by atomic mass is 9.67. The highest BCUT2D eigenvalue weighted by Gasteiger charge is 2.51. The average molecular weight is 1770 g/mol. The molecule has 6 N–H and O–H groups in total. The van der Waals surface area contributed by atoms with Crippen LogP contribution in [-0.2, 0) is 61.1 Å². The Balaban J connectivity index is 0.000000179. The highest BCUT2D eigenvalue weighted by atomic mass is 16.6. The average Bonchev–Trinajstić information content (AvgIpc) is 0.763. The molecule has 8 aliphatic rings. The number of hydrogen-bond donors (Lipinski definition) is 6. The Kier molecular flexibility index (Phi) is 36.5. The number of fused-ring (bicyclic) bond motifs is 12. The highest BCUT2D eigenvalue weighted by molar-refractivity contribution is 5.94. The van der Waals surface area contributed by atoms with Gasteiger partial charge in [-0.2, -0.15) is 0 Å². The molecule has 0 spiro atoms. The highest BCUT2D eigenvalue weighted by Crippen LogP contribution is 2.59. The standard InChI is InChI=1S/C30H39NO3.C26H35NO6.C26H37NO5.C26H37NO3/c1-6-7-8-9-22-17-26(33-19-21-11-13-23(14-12-21)29(32)31-5)28-24-16-20(2)10-15-25(24)30(3,4)34-27(28)18-22;1-5-6-7-8-16-13-20(32-23(29)12-11-22(28)27-4)24-18-15-17(25(30)31)9-10-19(18)26(2,3)33-21(24)14-16;1-5-6-7-8-17-14-21(31-24(30)12-11-23(29)27-4)25-19-13-18(16-28)9-10-20(19)26(2,3)32-22(25)15-17;1-6-7-8-10-19-16-22(29-14-9-11-24(28)27-5)25-20-15-18(2)12-13-21(20)26(3,4)30-23(25)17-19/h11-14,16-18,24-25H,6-10,15,19H2,1-5H3,(H,31,32);13-15,18-19H,5-12H2,1-4H3,(H,27,28)(H,30,31);13-15,19-20,28H,5-12,16H2,1-4H3,(H,27,29);9,11,15-17,20-21H,6-8,10,12-14H2,1-5H3,(H,27,28)/b;;;11-9+/t24-,25-;;;20-,21-/m1..1/s1. The minimum absolute atomic E-state index is 0.0103. The van der Waals surface area contributed by atoms with Crippen molar-refractivity contribution in [1.29, 1.82) is 0 Å². The van der Waals surface area contributed by atoms with Gasteiger partial charge in [0, 0.05) is 128 Å². The molecule has 0 saturated carbocycles. The number of carbonyl (C=O) groups excluding carboxylic acids is 6. The van der Waals surface area contributed by atoms with Crippen LogP contribution in [0.1, 0.15) is 335 Å². The minimum atomic E-state index is -0.917. The predicted molar refractivity (Wildman–Crippen MR) is 509 cm³/mol. The van der Waals surface area contributed by atoms with Gasteiger partial charge in [0.15, 0.2) is 0 Å². The second-order valence-electron chi connectivity index (χ2n) is 38.6. The number of carbonyl (C=O) groups is 7. The van der Waals surface area contributed by atoms with Gasteiger partial charge < -0.3 is 69.4 Å². The molecule has 8 atom stereocenters. The smallest absolute Gasteiger partial charge is 0.331 e. The van der Waals surface area contributed by atoms with Crippen molar-refractivity contribution in [3.8, 4) is 46.0 Å². The van der Waals surface area contributed by atoms with E-state index in [4.69, 9.17) is 37.9 Å². The molecule has 4 heterocycles. The van der Waals surface area contributed by atoms with Crippen LogP contribution in [0.25, 0.3) is 0 Å². The molecule has 702 valence electrons. The van der Waals surface area contributed by atoms with Crippen LogP contribution in [-0.4, -0.2) is 116 Å². The van der Waals surface area contributed by atoms with Crippen LogP contribution in [0.2, 0.25) is 0 Å². The molecule has 5 aromatic rings. The number of aliphatic hydroxyl groups excluding tert-OH is 1. The van der Waals surface area contributed by atoms with Gasteiger partial charge in [0.25, 0.3) is 5.91 Å². The van der Waals surface area contributed by atoms with E-state index in [9.17, 15) is 43.8 Å². The summed E-state index contributed by atoms with van der Waals surface area (Å²) >= 11 is 0. The summed E-state index contributed by atoms with van der Waals surface area (Å²) in [6, 6.07) is 24.5. The minimum Gasteiger partial charge on any atom is -0.489 e. The van der Waals surface area contributed by atoms with Crippen LogP contribution in [0, 0.1) is 23.7 Å². The first-order chi connectivity index (χ1) is 61.6. The number of likely N-dealkylation sites (N-methyl/N-ethyl adjacent to an activating group) is 1. The number of aliphatic hydroxyl groups is 1. The van der Waals surface area contributed by atoms with Gasteiger partial charge in [0.05, 0.1) is 19.4 Å². The van der Waals surface area contributed by atoms with Crippen molar-refractivity contribution in [1.82, 2.24) is 21.3 Å². The fourth-order valence-corrected chi connectivity index (χ4v) is 20.1. The molecule has 0 saturated heterocycles. The zero-order valence-corrected chi connectivity index (χ0v) is 80.4. The van der Waals surface area contributed by atoms with Crippen molar-refractivity contribution >= 4 is 41.5 Å². The molecule has 4 amide bonds. The monoisotopic (exact) mass is 1770 g/mol. The first kappa shape index (κ1) is 101. The lowest BCUT2D eigenvalue weighted by Crippen LogP contribution is -2.45. The maximum Gasteiger partial charge on any atom is 0.331 e. The number of hydrogen-bond acceptors (Lipinski definition) is 16. The fraction of sp³-hybridized carbons (Fsp3) is 0.565. The van der Waals surface area contributed by atoms with Crippen LogP contribution >= 0.6 is 0 Å². The quantitative estimate of drug-likeness (QED) is 0.00734. The molecule has 0 aromatic heterocycles. The van der Waals surface area contributed by atoms with Gasteiger partial charge in [-0.25, -0.2) is 4.79 Å². The number of aryl methyl sites for hydroxylation is 4. The molecule has 5 aromatic carbocycles. The number of carboxylic acids is 1. The van der Waals surface area contributed by atoms with E-state index >= 15 is 0 Å². The van der Waals surface area contributed by atoms with E-state index in [1.165, 1.54) is 85.0 Å². The van der Waals surface area contributed by atoms with Gasteiger partial charge >= 0.3 is 17.9 Å². The van der Waals surface area contributed by atoms with E-state index in [2.05, 4.69) is 153 Å². The van der Waals surface area contributed by atoms with Gasteiger partial charge in [0.1, 0.15) is 81.6 Å². The van der Waals surface area contributed by atoms with Crippen LogP contribution in [0.15, 0.2) is 132 Å². The summed E-state index contributed by atoms with van der Waals surface area (Å²) in [6.07, 6.45) is 37.2. The van der Waals surface area contributed by atoms with Crippen molar-refractivity contribution in [2.45, 2.75) is 329 Å². The summed E-state index contributed by atoms with van der Waals surface area (Å²) in [5, 5.41) is 29.7. The van der Waals surface area contributed by atoms with Gasteiger partial charge in [-0.1, -0.05) is 127 Å². The Morgan fingerprint density at radius 1 is 0.426 bits per heavy atom. The number of amides is 4.